The van der Waals surface area contributed by atoms with Crippen LogP contribution in [0.1, 0.15) is 35.3 Å². The predicted molar refractivity (Wildman–Crippen MR) is 96.1 cm³/mol. The maximum Gasteiger partial charge on any atom is 0.262 e. The fraction of sp³-hybridized carbons (Fsp3) is 0.263. The van der Waals surface area contributed by atoms with E-state index in [4.69, 9.17) is 16.3 Å². The van der Waals surface area contributed by atoms with Crippen LogP contribution in [0.25, 0.3) is 0 Å². The first kappa shape index (κ1) is 18.0. The number of carbonyl (C=O) groups is 2. The highest BCUT2D eigenvalue weighted by molar-refractivity contribution is 6.31. The molecule has 0 aromatic heterocycles. The molecule has 0 aliphatic carbocycles. The van der Waals surface area contributed by atoms with Crippen molar-refractivity contribution in [2.45, 2.75) is 27.2 Å². The monoisotopic (exact) mass is 345 g/mol. The second-order valence-electron chi connectivity index (χ2n) is 5.50. The van der Waals surface area contributed by atoms with Crippen molar-refractivity contribution >= 4 is 29.0 Å². The summed E-state index contributed by atoms with van der Waals surface area (Å²) in [6, 6.07) is 10.6. The number of para-hydroxylation sites is 1. The number of amides is 1. The Balaban J connectivity index is 2.09. The second-order valence-corrected chi connectivity index (χ2v) is 5.93. The van der Waals surface area contributed by atoms with Crippen LogP contribution < -0.4 is 10.1 Å². The Bertz CT molecular complexity index is 771. The SMILES string of the molecule is CCc1cccc(C)c1NC(=O)COc1ccc(Cl)cc1C(C)=O. The van der Waals surface area contributed by atoms with Gasteiger partial charge in [-0.3, -0.25) is 9.59 Å². The van der Waals surface area contributed by atoms with Gasteiger partial charge in [0.2, 0.25) is 0 Å². The molecule has 0 heterocycles. The molecule has 0 fully saturated rings. The molecule has 0 aliphatic rings. The molecule has 0 atom stereocenters. The van der Waals surface area contributed by atoms with E-state index >= 15 is 0 Å². The summed E-state index contributed by atoms with van der Waals surface area (Å²) in [5, 5.41) is 3.33. The Morgan fingerprint density at radius 3 is 2.62 bits per heavy atom. The maximum atomic E-state index is 12.2. The Morgan fingerprint density at radius 1 is 1.21 bits per heavy atom. The Morgan fingerprint density at radius 2 is 1.96 bits per heavy atom. The van der Waals surface area contributed by atoms with Gasteiger partial charge in [0.05, 0.1) is 5.56 Å². The van der Waals surface area contributed by atoms with Gasteiger partial charge in [-0.15, -0.1) is 0 Å². The van der Waals surface area contributed by atoms with E-state index in [1.54, 1.807) is 12.1 Å². The number of halogens is 1. The molecule has 2 aromatic rings. The molecule has 0 radical (unpaired) electrons. The molecule has 126 valence electrons. The second kappa shape index (κ2) is 7.97. The third-order valence-corrected chi connectivity index (χ3v) is 3.92. The van der Waals surface area contributed by atoms with Crippen molar-refractivity contribution in [2.24, 2.45) is 0 Å². The van der Waals surface area contributed by atoms with Crippen LogP contribution in [0.4, 0.5) is 5.69 Å². The van der Waals surface area contributed by atoms with E-state index in [1.807, 2.05) is 32.0 Å². The zero-order valence-corrected chi connectivity index (χ0v) is 14.7. The summed E-state index contributed by atoms with van der Waals surface area (Å²) in [6.07, 6.45) is 0.823. The standard InChI is InChI=1S/C19H20ClNO3/c1-4-14-7-5-6-12(2)19(14)21-18(23)11-24-17-9-8-15(20)10-16(17)13(3)22/h5-10H,4,11H2,1-3H3,(H,21,23). The van der Waals surface area contributed by atoms with Gasteiger partial charge in [-0.25, -0.2) is 0 Å². The highest BCUT2D eigenvalue weighted by Crippen LogP contribution is 2.24. The third kappa shape index (κ3) is 4.36. The van der Waals surface area contributed by atoms with Crippen LogP contribution in [0.2, 0.25) is 5.02 Å². The fourth-order valence-electron chi connectivity index (χ4n) is 2.42. The van der Waals surface area contributed by atoms with Gasteiger partial charge >= 0.3 is 0 Å². The molecule has 0 unspecified atom stereocenters. The van der Waals surface area contributed by atoms with E-state index in [0.717, 1.165) is 23.2 Å². The summed E-state index contributed by atoms with van der Waals surface area (Å²) in [5.41, 5.74) is 3.25. The summed E-state index contributed by atoms with van der Waals surface area (Å²) in [7, 11) is 0. The van der Waals surface area contributed by atoms with Crippen LogP contribution in [0.5, 0.6) is 5.75 Å². The number of Topliss-reactive ketones (excluding diaryl/α,β-unsaturated/α-hetero) is 1. The van der Waals surface area contributed by atoms with E-state index in [-0.39, 0.29) is 18.3 Å². The van der Waals surface area contributed by atoms with Crippen LogP contribution in [-0.2, 0) is 11.2 Å². The maximum absolute atomic E-state index is 12.2. The summed E-state index contributed by atoms with van der Waals surface area (Å²) in [4.78, 5) is 23.9. The Hall–Kier alpha value is -2.33. The Kier molecular flexibility index (Phi) is 5.99. The first-order chi connectivity index (χ1) is 11.4. The van der Waals surface area contributed by atoms with Gasteiger partial charge in [-0.05, 0) is 49.6 Å². The van der Waals surface area contributed by atoms with E-state index in [1.165, 1.54) is 13.0 Å². The van der Waals surface area contributed by atoms with Crippen molar-refractivity contribution in [1.29, 1.82) is 0 Å². The number of ether oxygens (including phenoxy) is 1. The number of hydrogen-bond acceptors (Lipinski definition) is 3. The van der Waals surface area contributed by atoms with Gasteiger partial charge in [0.25, 0.3) is 5.91 Å². The van der Waals surface area contributed by atoms with Gasteiger partial charge in [0.1, 0.15) is 5.75 Å². The number of hydrogen-bond donors (Lipinski definition) is 1. The smallest absolute Gasteiger partial charge is 0.262 e. The number of ketones is 1. The molecule has 0 saturated carbocycles. The molecule has 2 rings (SSSR count). The van der Waals surface area contributed by atoms with Gasteiger partial charge < -0.3 is 10.1 Å². The highest BCUT2D eigenvalue weighted by atomic mass is 35.5. The minimum atomic E-state index is -0.275. The first-order valence-electron chi connectivity index (χ1n) is 7.74. The van der Waals surface area contributed by atoms with Gasteiger partial charge in [-0.2, -0.15) is 0 Å². The van der Waals surface area contributed by atoms with E-state index in [0.29, 0.717) is 16.3 Å². The topological polar surface area (TPSA) is 55.4 Å². The molecule has 5 heteroatoms. The largest absolute Gasteiger partial charge is 0.483 e. The average Bonchev–Trinajstić information content (AvgIpc) is 2.55. The van der Waals surface area contributed by atoms with Crippen molar-refractivity contribution in [1.82, 2.24) is 0 Å². The van der Waals surface area contributed by atoms with Crippen LogP contribution in [0, 0.1) is 6.92 Å². The molecule has 1 N–H and O–H groups in total. The number of nitrogens with one attached hydrogen (secondary N) is 1. The zero-order chi connectivity index (χ0) is 17.7. The van der Waals surface area contributed by atoms with Crippen LogP contribution >= 0.6 is 11.6 Å². The molecule has 1 amide bonds. The van der Waals surface area contributed by atoms with E-state index in [9.17, 15) is 9.59 Å². The normalized spacial score (nSPS) is 10.3. The lowest BCUT2D eigenvalue weighted by molar-refractivity contribution is -0.118. The lowest BCUT2D eigenvalue weighted by atomic mass is 10.1. The van der Waals surface area contributed by atoms with Crippen molar-refractivity contribution in [3.63, 3.8) is 0 Å². The lowest BCUT2D eigenvalue weighted by Crippen LogP contribution is -2.22. The molecule has 0 saturated heterocycles. The molecular weight excluding hydrogens is 326 g/mol. The van der Waals surface area contributed by atoms with Crippen molar-refractivity contribution < 1.29 is 14.3 Å². The van der Waals surface area contributed by atoms with Crippen LogP contribution in [-0.4, -0.2) is 18.3 Å². The number of aryl methyl sites for hydroxylation is 2. The average molecular weight is 346 g/mol. The van der Waals surface area contributed by atoms with E-state index in [2.05, 4.69) is 5.32 Å². The quantitative estimate of drug-likeness (QED) is 0.788. The molecule has 0 spiro atoms. The minimum absolute atomic E-state index is 0.167. The summed E-state index contributed by atoms with van der Waals surface area (Å²) in [6.45, 7) is 5.23. The lowest BCUT2D eigenvalue weighted by Gasteiger charge is -2.14. The van der Waals surface area contributed by atoms with Gasteiger partial charge in [0, 0.05) is 10.7 Å². The third-order valence-electron chi connectivity index (χ3n) is 3.68. The van der Waals surface area contributed by atoms with Crippen LogP contribution in [0.3, 0.4) is 0 Å². The zero-order valence-electron chi connectivity index (χ0n) is 14.0. The van der Waals surface area contributed by atoms with Crippen molar-refractivity contribution in [2.75, 3.05) is 11.9 Å². The summed E-state index contributed by atoms with van der Waals surface area (Å²) in [5.74, 6) is -0.0916. The number of rotatable bonds is 6. The molecule has 4 nitrogen and oxygen atoms in total. The van der Waals surface area contributed by atoms with Gasteiger partial charge in [0.15, 0.2) is 12.4 Å². The molecule has 0 aliphatic heterocycles. The molecule has 24 heavy (non-hydrogen) atoms. The highest BCUT2D eigenvalue weighted by Gasteiger charge is 2.13. The van der Waals surface area contributed by atoms with Crippen molar-refractivity contribution in [3.05, 3.63) is 58.1 Å². The number of anilines is 1. The predicted octanol–water partition coefficient (Wildman–Crippen LogP) is 4.43. The summed E-state index contributed by atoms with van der Waals surface area (Å²) >= 11 is 5.89. The van der Waals surface area contributed by atoms with Gasteiger partial charge in [-0.1, -0.05) is 36.7 Å². The van der Waals surface area contributed by atoms with Crippen LogP contribution in [0.15, 0.2) is 36.4 Å². The molecule has 0 bridgehead atoms. The molecular formula is C19H20ClNO3. The minimum Gasteiger partial charge on any atom is -0.483 e. The fourth-order valence-corrected chi connectivity index (χ4v) is 2.60. The molecule has 2 aromatic carbocycles. The number of carbonyl (C=O) groups excluding carboxylic acids is 2. The van der Waals surface area contributed by atoms with E-state index < -0.39 is 0 Å². The summed E-state index contributed by atoms with van der Waals surface area (Å²) < 4.78 is 5.51. The number of benzene rings is 2. The first-order valence-corrected chi connectivity index (χ1v) is 8.11. The van der Waals surface area contributed by atoms with Crippen molar-refractivity contribution in [3.8, 4) is 5.75 Å². The Labute approximate surface area is 146 Å².